The summed E-state index contributed by atoms with van der Waals surface area (Å²) >= 11 is 1.61. The molecule has 1 saturated heterocycles. The second-order valence-electron chi connectivity index (χ2n) is 15.8. The van der Waals surface area contributed by atoms with Crippen LogP contribution in [0.5, 0.6) is 0 Å². The lowest BCUT2D eigenvalue weighted by molar-refractivity contribution is -0.255. The van der Waals surface area contributed by atoms with Crippen LogP contribution in [0.1, 0.15) is 90.0 Å². The molecule has 2 aromatic carbocycles. The van der Waals surface area contributed by atoms with Crippen molar-refractivity contribution in [1.29, 1.82) is 0 Å². The van der Waals surface area contributed by atoms with Crippen LogP contribution in [0.4, 0.5) is 4.39 Å². The molecule has 4 rings (SSSR count). The van der Waals surface area contributed by atoms with Crippen LogP contribution in [-0.2, 0) is 39.8 Å². The summed E-state index contributed by atoms with van der Waals surface area (Å²) < 4.78 is 37.5. The van der Waals surface area contributed by atoms with E-state index in [0.29, 0.717) is 12.0 Å². The number of hydrogen-bond acceptors (Lipinski definition) is 9. The third kappa shape index (κ3) is 9.55. The maximum Gasteiger partial charge on any atom is 0.311 e. The van der Waals surface area contributed by atoms with Gasteiger partial charge in [-0.05, 0) is 116 Å². The van der Waals surface area contributed by atoms with Crippen LogP contribution in [0, 0.1) is 29.0 Å². The summed E-state index contributed by atoms with van der Waals surface area (Å²) in [6, 6.07) is 16.2. The molecule has 0 saturated carbocycles. The van der Waals surface area contributed by atoms with Gasteiger partial charge in [0, 0.05) is 16.2 Å². The Morgan fingerprint density at radius 1 is 0.796 bits per heavy atom. The van der Waals surface area contributed by atoms with Gasteiger partial charge in [0.05, 0.1) is 16.2 Å². The predicted octanol–water partition coefficient (Wildman–Crippen LogP) is 7.76. The lowest BCUT2D eigenvalue weighted by atomic mass is 9.88. The van der Waals surface area contributed by atoms with Gasteiger partial charge in [-0.15, -0.1) is 11.3 Å². The highest BCUT2D eigenvalue weighted by molar-refractivity contribution is 7.15. The van der Waals surface area contributed by atoms with Crippen molar-refractivity contribution < 1.29 is 42.8 Å². The number of hydrogen-bond donors (Lipinski definition) is 1. The van der Waals surface area contributed by atoms with Crippen LogP contribution < -0.4 is 0 Å². The number of halogens is 1. The number of thiophene rings is 1. The Balaban J connectivity index is 1.70. The number of aliphatic hydroxyl groups is 1. The van der Waals surface area contributed by atoms with Gasteiger partial charge in [0.15, 0.2) is 12.2 Å². The third-order valence-electron chi connectivity index (χ3n) is 8.22. The molecule has 3 aromatic rings. The maximum atomic E-state index is 13.5. The van der Waals surface area contributed by atoms with Crippen LogP contribution in [-0.4, -0.2) is 54.0 Å². The molecule has 0 radical (unpaired) electrons. The zero-order chi connectivity index (χ0) is 36.5. The van der Waals surface area contributed by atoms with E-state index >= 15 is 0 Å². The highest BCUT2D eigenvalue weighted by Crippen LogP contribution is 2.39. The van der Waals surface area contributed by atoms with Gasteiger partial charge >= 0.3 is 17.9 Å². The summed E-state index contributed by atoms with van der Waals surface area (Å²) in [6.07, 6.45) is -5.51. The van der Waals surface area contributed by atoms with E-state index in [9.17, 15) is 23.9 Å². The average Bonchev–Trinajstić information content (AvgIpc) is 3.46. The minimum Gasteiger partial charge on any atom is -0.462 e. The number of benzene rings is 2. The molecule has 1 N–H and O–H groups in total. The lowest BCUT2D eigenvalue weighted by Gasteiger charge is -2.45. The van der Waals surface area contributed by atoms with Crippen LogP contribution in [0.3, 0.4) is 0 Å². The van der Waals surface area contributed by atoms with E-state index in [-0.39, 0.29) is 12.4 Å². The molecule has 1 aliphatic heterocycles. The summed E-state index contributed by atoms with van der Waals surface area (Å²) in [7, 11) is 0. The number of aryl methyl sites for hydroxylation is 1. The molecule has 0 unspecified atom stereocenters. The van der Waals surface area contributed by atoms with Crippen molar-refractivity contribution in [2.75, 3.05) is 6.61 Å². The van der Waals surface area contributed by atoms with Crippen molar-refractivity contribution in [3.8, 4) is 10.4 Å². The van der Waals surface area contributed by atoms with Gasteiger partial charge in [-0.3, -0.25) is 14.4 Å². The van der Waals surface area contributed by atoms with E-state index in [1.807, 2.05) is 37.3 Å². The highest BCUT2D eigenvalue weighted by Gasteiger charge is 2.52. The number of carbonyl (C=O) groups excluding carboxylic acids is 3. The van der Waals surface area contributed by atoms with E-state index < -0.39 is 64.7 Å². The second kappa shape index (κ2) is 14.7. The van der Waals surface area contributed by atoms with Crippen molar-refractivity contribution in [2.24, 2.45) is 16.2 Å². The van der Waals surface area contributed by atoms with Gasteiger partial charge in [-0.25, -0.2) is 4.39 Å². The number of carbonyl (C=O) groups is 3. The van der Waals surface area contributed by atoms with Crippen LogP contribution in [0.15, 0.2) is 54.6 Å². The van der Waals surface area contributed by atoms with Crippen molar-refractivity contribution in [2.45, 2.75) is 106 Å². The van der Waals surface area contributed by atoms with Crippen molar-refractivity contribution in [1.82, 2.24) is 0 Å². The minimum atomic E-state index is -1.43. The van der Waals surface area contributed by atoms with Gasteiger partial charge in [-0.1, -0.05) is 30.3 Å². The monoisotopic (exact) mass is 696 g/mol. The molecule has 49 heavy (non-hydrogen) atoms. The predicted molar refractivity (Wildman–Crippen MR) is 186 cm³/mol. The van der Waals surface area contributed by atoms with E-state index in [2.05, 4.69) is 0 Å². The van der Waals surface area contributed by atoms with Gasteiger partial charge < -0.3 is 24.1 Å². The lowest BCUT2D eigenvalue weighted by Crippen LogP contribution is -2.59. The average molecular weight is 697 g/mol. The molecule has 5 atom stereocenters. The molecule has 10 heteroatoms. The van der Waals surface area contributed by atoms with Crippen LogP contribution in [0.2, 0.25) is 0 Å². The minimum absolute atomic E-state index is 0.288. The summed E-state index contributed by atoms with van der Waals surface area (Å²) in [5.74, 6) is -1.97. The second-order valence-corrected chi connectivity index (χ2v) is 17.0. The summed E-state index contributed by atoms with van der Waals surface area (Å²) in [5.41, 5.74) is 0.899. The first-order valence-corrected chi connectivity index (χ1v) is 17.3. The van der Waals surface area contributed by atoms with Crippen molar-refractivity contribution >= 4 is 29.2 Å². The Labute approximate surface area is 292 Å². The molecule has 266 valence electrons. The van der Waals surface area contributed by atoms with E-state index in [1.54, 1.807) is 85.8 Å². The third-order valence-corrected chi connectivity index (χ3v) is 9.35. The standard InChI is InChI=1S/C39H49FO8S/c1-22-11-12-24(19-25(22)20-27-17-18-29(49-27)23-13-15-26(40)16-14-23)31-30(41)33(48-36(44)39(8,9)10)32(47-35(43)38(5,6)7)28(46-31)21-45-34(42)37(2,3)4/h11-19,28,30-33,41H,20-21H2,1-10H3/t28-,30+,31-,32-,33-/m1/s1. The molecule has 1 aliphatic rings. The summed E-state index contributed by atoms with van der Waals surface area (Å²) in [4.78, 5) is 41.4. The smallest absolute Gasteiger partial charge is 0.311 e. The van der Waals surface area contributed by atoms with E-state index in [4.69, 9.17) is 18.9 Å². The molecule has 1 fully saturated rings. The maximum absolute atomic E-state index is 13.5. The molecule has 0 bridgehead atoms. The van der Waals surface area contributed by atoms with E-state index in [1.165, 1.54) is 12.1 Å². The fourth-order valence-electron chi connectivity index (χ4n) is 5.08. The highest BCUT2D eigenvalue weighted by atomic mass is 32.1. The van der Waals surface area contributed by atoms with Gasteiger partial charge in [0.25, 0.3) is 0 Å². The molecule has 8 nitrogen and oxygen atoms in total. The van der Waals surface area contributed by atoms with Crippen molar-refractivity contribution in [3.05, 3.63) is 82.0 Å². The Morgan fingerprint density at radius 2 is 1.37 bits per heavy atom. The zero-order valence-electron chi connectivity index (χ0n) is 30.1. The quantitative estimate of drug-likeness (QED) is 0.188. The molecule has 0 aliphatic carbocycles. The van der Waals surface area contributed by atoms with Gasteiger partial charge in [-0.2, -0.15) is 0 Å². The number of aliphatic hydroxyl groups excluding tert-OH is 1. The largest absolute Gasteiger partial charge is 0.462 e. The summed E-state index contributed by atoms with van der Waals surface area (Å²) in [5, 5.41) is 11.9. The first-order chi connectivity index (χ1) is 22.6. The van der Waals surface area contributed by atoms with Gasteiger partial charge in [0.1, 0.15) is 30.7 Å². The Hall–Kier alpha value is -3.60. The van der Waals surface area contributed by atoms with Crippen LogP contribution in [0.25, 0.3) is 10.4 Å². The molecule has 0 amide bonds. The molecular formula is C39H49FO8S. The van der Waals surface area contributed by atoms with Gasteiger partial charge in [0.2, 0.25) is 0 Å². The zero-order valence-corrected chi connectivity index (χ0v) is 30.9. The fourth-order valence-corrected chi connectivity index (χ4v) is 6.11. The number of esters is 3. The SMILES string of the molecule is Cc1ccc([C@H]2O[C@H](COC(=O)C(C)(C)C)[C@@H](OC(=O)C(C)(C)C)[C@H](OC(=O)C(C)(C)C)[C@H]2O)cc1Cc1ccc(-c2ccc(F)cc2)s1. The molecule has 2 heterocycles. The molecule has 1 aromatic heterocycles. The van der Waals surface area contributed by atoms with Crippen molar-refractivity contribution in [3.63, 3.8) is 0 Å². The summed E-state index contributed by atoms with van der Waals surface area (Å²) in [6.45, 7) is 17.0. The first kappa shape index (κ1) is 38.2. The Morgan fingerprint density at radius 3 is 1.94 bits per heavy atom. The molecule has 0 spiro atoms. The van der Waals surface area contributed by atoms with Crippen LogP contribution >= 0.6 is 11.3 Å². The fraction of sp³-hybridized carbons (Fsp3) is 0.513. The number of rotatable bonds is 8. The normalized spacial score (nSPS) is 21.6. The first-order valence-electron chi connectivity index (χ1n) is 16.5. The van der Waals surface area contributed by atoms with E-state index in [0.717, 1.165) is 26.4 Å². The topological polar surface area (TPSA) is 108 Å². The number of ether oxygens (including phenoxy) is 4. The Kier molecular flexibility index (Phi) is 11.5. The Bertz CT molecular complexity index is 1640. The molecular weight excluding hydrogens is 647 g/mol.